The van der Waals surface area contributed by atoms with Gasteiger partial charge in [-0.05, 0) is 55.9 Å². The van der Waals surface area contributed by atoms with E-state index in [4.69, 9.17) is 0 Å². The topological polar surface area (TPSA) is 55.4 Å². The Hall–Kier alpha value is -3.62. The number of fused-ring (bicyclic) bond motifs is 2. The third-order valence-electron chi connectivity index (χ3n) is 6.81. The van der Waals surface area contributed by atoms with Crippen molar-refractivity contribution >= 4 is 11.6 Å². The fourth-order valence-electron chi connectivity index (χ4n) is 4.99. The van der Waals surface area contributed by atoms with E-state index in [-0.39, 0.29) is 18.0 Å². The highest BCUT2D eigenvalue weighted by Gasteiger charge is 2.31. The van der Waals surface area contributed by atoms with Crippen molar-refractivity contribution in [3.8, 4) is 11.3 Å². The number of halogens is 3. The average molecular weight is 465 g/mol. The molecule has 0 saturated heterocycles. The third-order valence-corrected chi connectivity index (χ3v) is 6.81. The lowest BCUT2D eigenvalue weighted by Gasteiger charge is -2.26. The van der Waals surface area contributed by atoms with E-state index in [1.54, 1.807) is 11.9 Å². The Labute approximate surface area is 193 Å². The largest absolute Gasteiger partial charge is 0.331 e. The molecule has 1 aliphatic heterocycles. The molecule has 0 atom stereocenters. The van der Waals surface area contributed by atoms with Gasteiger partial charge in [0.1, 0.15) is 11.3 Å². The molecule has 4 heterocycles. The fourth-order valence-corrected chi connectivity index (χ4v) is 4.99. The van der Waals surface area contributed by atoms with E-state index < -0.39 is 17.5 Å². The van der Waals surface area contributed by atoms with Crippen LogP contribution >= 0.6 is 0 Å². The van der Waals surface area contributed by atoms with E-state index in [0.29, 0.717) is 41.7 Å². The van der Waals surface area contributed by atoms with Crippen LogP contribution in [0.3, 0.4) is 0 Å². The quantitative estimate of drug-likeness (QED) is 0.418. The van der Waals surface area contributed by atoms with Gasteiger partial charge in [-0.3, -0.25) is 13.9 Å². The molecule has 0 bridgehead atoms. The molecule has 6 nitrogen and oxygen atoms in total. The van der Waals surface area contributed by atoms with Crippen LogP contribution in [-0.4, -0.2) is 36.5 Å². The minimum Gasteiger partial charge on any atom is -0.331 e. The van der Waals surface area contributed by atoms with Crippen molar-refractivity contribution in [1.82, 2.24) is 24.1 Å². The molecule has 0 unspecified atom stereocenters. The van der Waals surface area contributed by atoms with Crippen molar-refractivity contribution < 1.29 is 18.0 Å². The smallest absolute Gasteiger partial charge is 0.273 e. The fraction of sp³-hybridized carbons (Fsp3) is 0.320. The minimum atomic E-state index is -1.50. The van der Waals surface area contributed by atoms with E-state index >= 15 is 0 Å². The number of aryl methyl sites for hydroxylation is 2. The van der Waals surface area contributed by atoms with Gasteiger partial charge in [-0.25, -0.2) is 18.2 Å². The second-order valence-corrected chi connectivity index (χ2v) is 9.14. The molecule has 0 radical (unpaired) electrons. The van der Waals surface area contributed by atoms with E-state index in [9.17, 15) is 18.0 Å². The Kier molecular flexibility index (Phi) is 4.59. The average Bonchev–Trinajstić information content (AvgIpc) is 3.52. The number of amides is 1. The molecule has 34 heavy (non-hydrogen) atoms. The summed E-state index contributed by atoms with van der Waals surface area (Å²) in [6.07, 6.45) is 4.82. The number of pyridine rings is 1. The van der Waals surface area contributed by atoms with Gasteiger partial charge in [0.2, 0.25) is 0 Å². The highest BCUT2D eigenvalue weighted by Crippen LogP contribution is 2.40. The van der Waals surface area contributed by atoms with Crippen LogP contribution in [0.15, 0.2) is 30.5 Å². The van der Waals surface area contributed by atoms with Crippen LogP contribution in [0.1, 0.15) is 51.8 Å². The minimum absolute atomic E-state index is 0.130. The summed E-state index contributed by atoms with van der Waals surface area (Å²) >= 11 is 0. The number of nitrogens with zero attached hydrogens (tertiary/aromatic N) is 5. The monoisotopic (exact) mass is 465 g/mol. The van der Waals surface area contributed by atoms with Crippen LogP contribution in [0.2, 0.25) is 0 Å². The molecule has 174 valence electrons. The number of imidazole rings is 1. The summed E-state index contributed by atoms with van der Waals surface area (Å²) in [4.78, 5) is 19.9. The molecule has 3 aromatic heterocycles. The maximum atomic E-state index is 13.9. The van der Waals surface area contributed by atoms with Crippen LogP contribution < -0.4 is 0 Å². The number of aromatic nitrogens is 4. The van der Waals surface area contributed by atoms with Gasteiger partial charge in [0.05, 0.1) is 23.6 Å². The Morgan fingerprint density at radius 1 is 1.12 bits per heavy atom. The molecule has 4 aromatic rings. The second-order valence-electron chi connectivity index (χ2n) is 9.14. The first-order valence-corrected chi connectivity index (χ1v) is 11.3. The van der Waals surface area contributed by atoms with Gasteiger partial charge in [-0.2, -0.15) is 5.10 Å². The Bertz CT molecular complexity index is 1460. The molecule has 1 aromatic carbocycles. The number of rotatable bonds is 3. The summed E-state index contributed by atoms with van der Waals surface area (Å²) in [6.45, 7) is 2.53. The summed E-state index contributed by atoms with van der Waals surface area (Å²) in [5, 5.41) is 4.52. The summed E-state index contributed by atoms with van der Waals surface area (Å²) in [5.74, 6) is -3.56. The Balaban J connectivity index is 1.34. The summed E-state index contributed by atoms with van der Waals surface area (Å²) in [7, 11) is 1.67. The first-order valence-electron chi connectivity index (χ1n) is 11.3. The van der Waals surface area contributed by atoms with Crippen LogP contribution in [0.25, 0.3) is 16.9 Å². The molecule has 0 N–H and O–H groups in total. The lowest BCUT2D eigenvalue weighted by Crippen LogP contribution is -2.37. The number of benzene rings is 1. The number of hydrogen-bond acceptors (Lipinski definition) is 3. The maximum Gasteiger partial charge on any atom is 0.273 e. The Morgan fingerprint density at radius 3 is 2.56 bits per heavy atom. The van der Waals surface area contributed by atoms with Crippen LogP contribution in [-0.2, 0) is 20.0 Å². The van der Waals surface area contributed by atoms with Gasteiger partial charge in [-0.1, -0.05) is 6.07 Å². The summed E-state index contributed by atoms with van der Waals surface area (Å²) in [6, 6.07) is 5.99. The molecule has 0 spiro atoms. The van der Waals surface area contributed by atoms with Crippen molar-refractivity contribution in [3.05, 3.63) is 76.1 Å². The SMILES string of the molecule is Cc1nc2ccc(C3CC3)cn2c1C(=O)N1CCc2c(nn(C)c2-c2cc(F)c(F)c(F)c2)C1. The molecule has 2 aliphatic rings. The molecule has 1 saturated carbocycles. The van der Waals surface area contributed by atoms with E-state index in [1.807, 2.05) is 23.6 Å². The van der Waals surface area contributed by atoms with Crippen molar-refractivity contribution in [1.29, 1.82) is 0 Å². The first kappa shape index (κ1) is 20.9. The highest BCUT2D eigenvalue weighted by molar-refractivity contribution is 5.95. The van der Waals surface area contributed by atoms with Crippen LogP contribution in [0.5, 0.6) is 0 Å². The zero-order valence-electron chi connectivity index (χ0n) is 18.8. The maximum absolute atomic E-state index is 13.9. The number of hydrogen-bond donors (Lipinski definition) is 0. The van der Waals surface area contributed by atoms with Crippen molar-refractivity contribution in [2.75, 3.05) is 6.54 Å². The standard InChI is InChI=1S/C25H22F3N5O/c1-13-23(33-11-15(14-3-4-14)5-6-21(33)29-13)25(34)32-8-7-17-20(12-32)30-31(2)24(17)16-9-18(26)22(28)19(27)10-16/h5-6,9-11,14H,3-4,7-8,12H2,1-2H3. The lowest BCUT2D eigenvalue weighted by atomic mass is 9.99. The van der Waals surface area contributed by atoms with Crippen LogP contribution in [0, 0.1) is 24.4 Å². The van der Waals surface area contributed by atoms with Gasteiger partial charge in [0, 0.05) is 30.9 Å². The van der Waals surface area contributed by atoms with Crippen molar-refractivity contribution in [3.63, 3.8) is 0 Å². The van der Waals surface area contributed by atoms with Gasteiger partial charge >= 0.3 is 0 Å². The van der Waals surface area contributed by atoms with E-state index in [2.05, 4.69) is 16.1 Å². The zero-order valence-corrected chi connectivity index (χ0v) is 18.8. The van der Waals surface area contributed by atoms with Crippen molar-refractivity contribution in [2.45, 2.75) is 38.6 Å². The Morgan fingerprint density at radius 2 is 1.85 bits per heavy atom. The van der Waals surface area contributed by atoms with E-state index in [0.717, 1.165) is 23.3 Å². The van der Waals surface area contributed by atoms with Gasteiger partial charge in [0.15, 0.2) is 17.5 Å². The number of carbonyl (C=O) groups is 1. The predicted molar refractivity (Wildman–Crippen MR) is 119 cm³/mol. The second kappa shape index (κ2) is 7.44. The third kappa shape index (κ3) is 3.21. The summed E-state index contributed by atoms with van der Waals surface area (Å²) in [5.41, 5.74) is 5.38. The molecule has 6 rings (SSSR count). The number of carbonyl (C=O) groups excluding carboxylic acids is 1. The van der Waals surface area contributed by atoms with Gasteiger partial charge in [0.25, 0.3) is 5.91 Å². The highest BCUT2D eigenvalue weighted by atomic mass is 19.2. The normalized spacial score (nSPS) is 15.7. The molecular formula is C25H22F3N5O. The lowest BCUT2D eigenvalue weighted by molar-refractivity contribution is 0.0724. The molecular weight excluding hydrogens is 443 g/mol. The molecule has 9 heteroatoms. The van der Waals surface area contributed by atoms with E-state index in [1.165, 1.54) is 23.1 Å². The molecule has 1 amide bonds. The molecule has 1 fully saturated rings. The zero-order chi connectivity index (χ0) is 23.7. The van der Waals surface area contributed by atoms with Gasteiger partial charge in [-0.15, -0.1) is 0 Å². The van der Waals surface area contributed by atoms with Crippen LogP contribution in [0.4, 0.5) is 13.2 Å². The van der Waals surface area contributed by atoms with Crippen molar-refractivity contribution in [2.24, 2.45) is 7.05 Å². The predicted octanol–water partition coefficient (Wildman–Crippen LogP) is 4.54. The van der Waals surface area contributed by atoms with Gasteiger partial charge < -0.3 is 4.90 Å². The summed E-state index contributed by atoms with van der Waals surface area (Å²) < 4.78 is 44.6. The molecule has 1 aliphatic carbocycles. The first-order chi connectivity index (χ1) is 16.3.